The fourth-order valence-corrected chi connectivity index (χ4v) is 2.74. The van der Waals surface area contributed by atoms with E-state index in [-0.39, 0.29) is 11.9 Å². The smallest absolute Gasteiger partial charge is 0.241 e. The number of hydrogen-bond donors (Lipinski definition) is 2. The third-order valence-corrected chi connectivity index (χ3v) is 4.34. The van der Waals surface area contributed by atoms with Gasteiger partial charge in [0.2, 0.25) is 5.91 Å². The molecule has 1 fully saturated rings. The molecule has 5 nitrogen and oxygen atoms in total. The molecule has 0 spiro atoms. The van der Waals surface area contributed by atoms with E-state index in [4.69, 9.17) is 17.3 Å². The molecular formula is C15H23ClN4O. The average Bonchev–Trinajstić information content (AvgIpc) is 2.49. The second-order valence-electron chi connectivity index (χ2n) is 5.37. The summed E-state index contributed by atoms with van der Waals surface area (Å²) < 4.78 is 0. The number of anilines is 2. The highest BCUT2D eigenvalue weighted by molar-refractivity contribution is 6.34. The lowest BCUT2D eigenvalue weighted by Crippen LogP contribution is -2.52. The Morgan fingerprint density at radius 2 is 2.05 bits per heavy atom. The van der Waals surface area contributed by atoms with Gasteiger partial charge in [-0.25, -0.2) is 0 Å². The highest BCUT2D eigenvalue weighted by atomic mass is 35.5. The van der Waals surface area contributed by atoms with E-state index in [0.717, 1.165) is 32.7 Å². The molecule has 0 aromatic heterocycles. The summed E-state index contributed by atoms with van der Waals surface area (Å²) in [6, 6.07) is 4.93. The summed E-state index contributed by atoms with van der Waals surface area (Å²) in [5, 5.41) is 3.34. The van der Waals surface area contributed by atoms with Gasteiger partial charge < -0.3 is 16.0 Å². The molecule has 1 aliphatic rings. The van der Waals surface area contributed by atoms with Crippen molar-refractivity contribution >= 4 is 28.9 Å². The number of carbonyl (C=O) groups is 1. The second-order valence-corrected chi connectivity index (χ2v) is 5.78. The Kier molecular flexibility index (Phi) is 5.45. The van der Waals surface area contributed by atoms with Crippen LogP contribution in [0.25, 0.3) is 0 Å². The van der Waals surface area contributed by atoms with Gasteiger partial charge in [0.1, 0.15) is 0 Å². The SMILES string of the molecule is CCN1CCN(C(C)C(=O)Nc2ccc(N)cc2Cl)CC1. The van der Waals surface area contributed by atoms with Gasteiger partial charge in [0.25, 0.3) is 0 Å². The zero-order valence-corrected chi connectivity index (χ0v) is 13.4. The molecule has 1 heterocycles. The first-order valence-electron chi connectivity index (χ1n) is 7.33. The molecule has 6 heteroatoms. The van der Waals surface area contributed by atoms with Crippen molar-refractivity contribution in [1.82, 2.24) is 9.80 Å². The Hall–Kier alpha value is -1.30. The quantitative estimate of drug-likeness (QED) is 0.834. The number of hydrogen-bond acceptors (Lipinski definition) is 4. The molecule has 1 aromatic rings. The van der Waals surface area contributed by atoms with Crippen LogP contribution in [0.2, 0.25) is 5.02 Å². The van der Waals surface area contributed by atoms with Crippen LogP contribution >= 0.6 is 11.6 Å². The summed E-state index contributed by atoms with van der Waals surface area (Å²) in [5.74, 6) is -0.0355. The Morgan fingerprint density at radius 1 is 1.38 bits per heavy atom. The van der Waals surface area contributed by atoms with Crippen molar-refractivity contribution in [2.75, 3.05) is 43.8 Å². The number of rotatable bonds is 4. The van der Waals surface area contributed by atoms with Gasteiger partial charge in [-0.1, -0.05) is 18.5 Å². The molecule has 0 radical (unpaired) electrons. The number of benzene rings is 1. The summed E-state index contributed by atoms with van der Waals surface area (Å²) in [6.45, 7) is 9.01. The number of nitrogens with two attached hydrogens (primary N) is 1. The van der Waals surface area contributed by atoms with Crippen molar-refractivity contribution in [3.05, 3.63) is 23.2 Å². The monoisotopic (exact) mass is 310 g/mol. The van der Waals surface area contributed by atoms with E-state index in [1.165, 1.54) is 0 Å². The van der Waals surface area contributed by atoms with E-state index in [9.17, 15) is 4.79 Å². The zero-order chi connectivity index (χ0) is 15.4. The van der Waals surface area contributed by atoms with E-state index < -0.39 is 0 Å². The number of nitrogens with one attached hydrogen (secondary N) is 1. The van der Waals surface area contributed by atoms with Crippen LogP contribution in [0.15, 0.2) is 18.2 Å². The van der Waals surface area contributed by atoms with Crippen LogP contribution in [-0.4, -0.2) is 54.5 Å². The highest BCUT2D eigenvalue weighted by Gasteiger charge is 2.25. The summed E-state index contributed by atoms with van der Waals surface area (Å²) in [7, 11) is 0. The number of piperazine rings is 1. The Balaban J connectivity index is 1.93. The molecule has 1 aromatic carbocycles. The molecule has 21 heavy (non-hydrogen) atoms. The van der Waals surface area contributed by atoms with Crippen LogP contribution in [-0.2, 0) is 4.79 Å². The molecule has 1 saturated heterocycles. The van der Waals surface area contributed by atoms with Crippen molar-refractivity contribution in [2.45, 2.75) is 19.9 Å². The molecule has 3 N–H and O–H groups in total. The van der Waals surface area contributed by atoms with Gasteiger partial charge >= 0.3 is 0 Å². The maximum Gasteiger partial charge on any atom is 0.241 e. The maximum absolute atomic E-state index is 12.3. The Morgan fingerprint density at radius 3 is 2.62 bits per heavy atom. The maximum atomic E-state index is 12.3. The average molecular weight is 311 g/mol. The Bertz CT molecular complexity index is 500. The minimum absolute atomic E-state index is 0.0355. The van der Waals surface area contributed by atoms with Crippen molar-refractivity contribution in [2.24, 2.45) is 0 Å². The van der Waals surface area contributed by atoms with E-state index in [1.807, 2.05) is 6.92 Å². The van der Waals surface area contributed by atoms with Gasteiger partial charge in [0.15, 0.2) is 0 Å². The van der Waals surface area contributed by atoms with Gasteiger partial charge in [-0.15, -0.1) is 0 Å². The van der Waals surface area contributed by atoms with Crippen LogP contribution in [0.1, 0.15) is 13.8 Å². The number of amides is 1. The summed E-state index contributed by atoms with van der Waals surface area (Å²) >= 11 is 6.09. The van der Waals surface area contributed by atoms with Gasteiger partial charge in [0.05, 0.1) is 16.8 Å². The number of carbonyl (C=O) groups excluding carboxylic acids is 1. The predicted molar refractivity (Wildman–Crippen MR) is 87.6 cm³/mol. The van der Waals surface area contributed by atoms with Crippen molar-refractivity contribution in [3.8, 4) is 0 Å². The first-order chi connectivity index (χ1) is 10.0. The Labute approximate surface area is 131 Å². The number of likely N-dealkylation sites (N-methyl/N-ethyl adjacent to an activating group) is 1. The normalized spacial score (nSPS) is 18.4. The van der Waals surface area contributed by atoms with Crippen LogP contribution in [0.5, 0.6) is 0 Å². The van der Waals surface area contributed by atoms with Gasteiger partial charge in [-0.05, 0) is 31.7 Å². The largest absolute Gasteiger partial charge is 0.399 e. The third-order valence-electron chi connectivity index (χ3n) is 4.03. The second kappa shape index (κ2) is 7.11. The van der Waals surface area contributed by atoms with E-state index >= 15 is 0 Å². The molecule has 0 bridgehead atoms. The lowest BCUT2D eigenvalue weighted by molar-refractivity contribution is -0.121. The predicted octanol–water partition coefficient (Wildman–Crippen LogP) is 1.89. The molecule has 1 atom stereocenters. The van der Waals surface area contributed by atoms with E-state index in [0.29, 0.717) is 16.4 Å². The van der Waals surface area contributed by atoms with Crippen molar-refractivity contribution < 1.29 is 4.79 Å². The van der Waals surface area contributed by atoms with Crippen LogP contribution in [0.4, 0.5) is 11.4 Å². The summed E-state index contributed by atoms with van der Waals surface area (Å²) in [5.41, 5.74) is 6.84. The van der Waals surface area contributed by atoms with Crippen molar-refractivity contribution in [1.29, 1.82) is 0 Å². The minimum Gasteiger partial charge on any atom is -0.399 e. The van der Waals surface area contributed by atoms with Gasteiger partial charge in [-0.3, -0.25) is 9.69 Å². The summed E-state index contributed by atoms with van der Waals surface area (Å²) in [6.07, 6.45) is 0. The van der Waals surface area contributed by atoms with Gasteiger partial charge in [0, 0.05) is 31.9 Å². The van der Waals surface area contributed by atoms with Crippen LogP contribution in [0, 0.1) is 0 Å². The molecule has 1 aliphatic heterocycles. The van der Waals surface area contributed by atoms with Crippen LogP contribution < -0.4 is 11.1 Å². The van der Waals surface area contributed by atoms with Crippen LogP contribution in [0.3, 0.4) is 0 Å². The molecule has 1 amide bonds. The molecule has 2 rings (SSSR count). The number of nitrogen functional groups attached to an aromatic ring is 1. The summed E-state index contributed by atoms with van der Waals surface area (Å²) in [4.78, 5) is 16.9. The lowest BCUT2D eigenvalue weighted by atomic mass is 10.2. The molecule has 116 valence electrons. The zero-order valence-electron chi connectivity index (χ0n) is 12.6. The first-order valence-corrected chi connectivity index (χ1v) is 7.71. The third kappa shape index (κ3) is 4.09. The van der Waals surface area contributed by atoms with Gasteiger partial charge in [-0.2, -0.15) is 0 Å². The molecule has 1 unspecified atom stereocenters. The molecule has 0 saturated carbocycles. The van der Waals surface area contributed by atoms with E-state index in [1.54, 1.807) is 18.2 Å². The highest BCUT2D eigenvalue weighted by Crippen LogP contribution is 2.24. The number of nitrogens with zero attached hydrogens (tertiary/aromatic N) is 2. The topological polar surface area (TPSA) is 61.6 Å². The fraction of sp³-hybridized carbons (Fsp3) is 0.533. The van der Waals surface area contributed by atoms with Crippen molar-refractivity contribution in [3.63, 3.8) is 0 Å². The van der Waals surface area contributed by atoms with E-state index in [2.05, 4.69) is 22.0 Å². The fourth-order valence-electron chi connectivity index (χ4n) is 2.50. The standard InChI is InChI=1S/C15H23ClN4O/c1-3-19-6-8-20(9-7-19)11(2)15(21)18-14-5-4-12(17)10-13(14)16/h4-5,10-11H,3,6-9,17H2,1-2H3,(H,18,21). The molecular weight excluding hydrogens is 288 g/mol. The first kappa shape index (κ1) is 16.1. The number of halogens is 1. The molecule has 0 aliphatic carbocycles. The minimum atomic E-state index is -0.169. The lowest BCUT2D eigenvalue weighted by Gasteiger charge is -2.36.